The molecule has 0 aliphatic rings. The standard InChI is InChI=1S/C16H15N5/c1-11-3-4-14(10-19-11)13-5-7-18-16(9-13)21-15-6-8-17-12(2)20-15/h3-10H,1-2H3,(H,17,18,20,21). The van der Waals surface area contributed by atoms with Gasteiger partial charge in [0.15, 0.2) is 0 Å². The van der Waals surface area contributed by atoms with Crippen molar-refractivity contribution in [2.45, 2.75) is 13.8 Å². The molecule has 5 heteroatoms. The van der Waals surface area contributed by atoms with Crippen molar-refractivity contribution in [2.75, 3.05) is 5.32 Å². The zero-order chi connectivity index (χ0) is 14.7. The van der Waals surface area contributed by atoms with Crippen molar-refractivity contribution in [1.29, 1.82) is 0 Å². The zero-order valence-corrected chi connectivity index (χ0v) is 11.9. The van der Waals surface area contributed by atoms with Crippen LogP contribution in [-0.2, 0) is 0 Å². The van der Waals surface area contributed by atoms with Crippen molar-refractivity contribution >= 4 is 11.6 Å². The Morgan fingerprint density at radius 1 is 0.810 bits per heavy atom. The van der Waals surface area contributed by atoms with Gasteiger partial charge in [-0.2, -0.15) is 0 Å². The Morgan fingerprint density at radius 3 is 2.43 bits per heavy atom. The van der Waals surface area contributed by atoms with Gasteiger partial charge < -0.3 is 5.32 Å². The van der Waals surface area contributed by atoms with Crippen LogP contribution in [0.4, 0.5) is 11.6 Å². The van der Waals surface area contributed by atoms with E-state index < -0.39 is 0 Å². The van der Waals surface area contributed by atoms with E-state index in [9.17, 15) is 0 Å². The van der Waals surface area contributed by atoms with Crippen LogP contribution in [0.15, 0.2) is 48.9 Å². The summed E-state index contributed by atoms with van der Waals surface area (Å²) in [5.41, 5.74) is 3.12. The first-order valence-corrected chi connectivity index (χ1v) is 6.66. The lowest BCUT2D eigenvalue weighted by atomic mass is 10.1. The Hall–Kier alpha value is -2.82. The lowest BCUT2D eigenvalue weighted by Crippen LogP contribution is -1.98. The molecule has 0 fully saturated rings. The molecule has 0 aliphatic carbocycles. The van der Waals surface area contributed by atoms with Gasteiger partial charge in [-0.05, 0) is 43.7 Å². The maximum atomic E-state index is 4.32. The number of aromatic nitrogens is 4. The van der Waals surface area contributed by atoms with Gasteiger partial charge in [-0.1, -0.05) is 6.07 Å². The lowest BCUT2D eigenvalue weighted by Gasteiger charge is -2.07. The second-order valence-electron chi connectivity index (χ2n) is 4.73. The summed E-state index contributed by atoms with van der Waals surface area (Å²) in [6.07, 6.45) is 5.35. The largest absolute Gasteiger partial charge is 0.325 e. The molecule has 0 bridgehead atoms. The molecule has 0 saturated carbocycles. The smallest absolute Gasteiger partial charge is 0.135 e. The summed E-state index contributed by atoms with van der Waals surface area (Å²) < 4.78 is 0. The number of nitrogens with zero attached hydrogens (tertiary/aromatic N) is 4. The minimum atomic E-state index is 0.721. The van der Waals surface area contributed by atoms with E-state index >= 15 is 0 Å². The third-order valence-electron chi connectivity index (χ3n) is 3.04. The highest BCUT2D eigenvalue weighted by molar-refractivity contribution is 5.67. The second-order valence-corrected chi connectivity index (χ2v) is 4.73. The number of pyridine rings is 2. The van der Waals surface area contributed by atoms with Crippen LogP contribution in [0.5, 0.6) is 0 Å². The number of anilines is 2. The van der Waals surface area contributed by atoms with Crippen molar-refractivity contribution in [3.8, 4) is 11.1 Å². The van der Waals surface area contributed by atoms with Gasteiger partial charge in [0, 0.05) is 29.8 Å². The molecule has 0 amide bonds. The molecule has 1 N–H and O–H groups in total. The van der Waals surface area contributed by atoms with Gasteiger partial charge in [-0.3, -0.25) is 4.98 Å². The highest BCUT2D eigenvalue weighted by Gasteiger charge is 2.02. The molecule has 3 aromatic rings. The summed E-state index contributed by atoms with van der Waals surface area (Å²) in [5, 5.41) is 3.18. The highest BCUT2D eigenvalue weighted by atomic mass is 15.1. The maximum absolute atomic E-state index is 4.32. The average molecular weight is 277 g/mol. The van der Waals surface area contributed by atoms with E-state index in [1.54, 1.807) is 12.4 Å². The summed E-state index contributed by atoms with van der Waals surface area (Å²) >= 11 is 0. The summed E-state index contributed by atoms with van der Waals surface area (Å²) in [6.45, 7) is 3.83. The fourth-order valence-corrected chi connectivity index (χ4v) is 1.97. The third kappa shape index (κ3) is 3.20. The summed E-state index contributed by atoms with van der Waals surface area (Å²) in [4.78, 5) is 17.0. The number of hydrogen-bond donors (Lipinski definition) is 1. The molecule has 3 rings (SSSR count). The first kappa shape index (κ1) is 13.2. The molecular formula is C16H15N5. The van der Waals surface area contributed by atoms with E-state index in [0.29, 0.717) is 0 Å². The fourth-order valence-electron chi connectivity index (χ4n) is 1.97. The van der Waals surface area contributed by atoms with Crippen LogP contribution in [0, 0.1) is 13.8 Å². The van der Waals surface area contributed by atoms with Gasteiger partial charge in [0.25, 0.3) is 0 Å². The molecule has 0 atom stereocenters. The predicted molar refractivity (Wildman–Crippen MR) is 82.3 cm³/mol. The number of rotatable bonds is 3. The van der Waals surface area contributed by atoms with Crippen molar-refractivity contribution in [2.24, 2.45) is 0 Å². The van der Waals surface area contributed by atoms with Crippen molar-refractivity contribution in [1.82, 2.24) is 19.9 Å². The first-order chi connectivity index (χ1) is 10.2. The Bertz CT molecular complexity index is 753. The normalized spacial score (nSPS) is 10.4. The zero-order valence-electron chi connectivity index (χ0n) is 11.9. The van der Waals surface area contributed by atoms with Gasteiger partial charge in [-0.15, -0.1) is 0 Å². The number of aryl methyl sites for hydroxylation is 2. The van der Waals surface area contributed by atoms with Crippen LogP contribution in [0.25, 0.3) is 11.1 Å². The molecule has 104 valence electrons. The molecular weight excluding hydrogens is 262 g/mol. The van der Waals surface area contributed by atoms with E-state index in [-0.39, 0.29) is 0 Å². The number of hydrogen-bond acceptors (Lipinski definition) is 5. The summed E-state index contributed by atoms with van der Waals surface area (Å²) in [5.74, 6) is 2.19. The van der Waals surface area contributed by atoms with E-state index in [0.717, 1.165) is 34.3 Å². The van der Waals surface area contributed by atoms with E-state index in [1.807, 2.05) is 44.3 Å². The molecule has 0 aliphatic heterocycles. The topological polar surface area (TPSA) is 63.6 Å². The Morgan fingerprint density at radius 2 is 1.67 bits per heavy atom. The van der Waals surface area contributed by atoms with Gasteiger partial charge in [0.2, 0.25) is 0 Å². The van der Waals surface area contributed by atoms with Gasteiger partial charge in [-0.25, -0.2) is 15.0 Å². The first-order valence-electron chi connectivity index (χ1n) is 6.66. The van der Waals surface area contributed by atoms with Gasteiger partial charge >= 0.3 is 0 Å². The third-order valence-corrected chi connectivity index (χ3v) is 3.04. The van der Waals surface area contributed by atoms with Crippen LogP contribution in [0.1, 0.15) is 11.5 Å². The fraction of sp³-hybridized carbons (Fsp3) is 0.125. The molecule has 0 spiro atoms. The Balaban J connectivity index is 1.88. The van der Waals surface area contributed by atoms with Crippen LogP contribution < -0.4 is 5.32 Å². The Kier molecular flexibility index (Phi) is 3.55. The van der Waals surface area contributed by atoms with E-state index in [2.05, 4.69) is 31.3 Å². The van der Waals surface area contributed by atoms with Crippen LogP contribution >= 0.6 is 0 Å². The molecule has 5 nitrogen and oxygen atoms in total. The maximum Gasteiger partial charge on any atom is 0.135 e. The van der Waals surface area contributed by atoms with Crippen LogP contribution in [0.2, 0.25) is 0 Å². The van der Waals surface area contributed by atoms with E-state index in [4.69, 9.17) is 0 Å². The van der Waals surface area contributed by atoms with E-state index in [1.165, 1.54) is 0 Å². The lowest BCUT2D eigenvalue weighted by molar-refractivity contribution is 1.05. The Labute approximate surface area is 123 Å². The average Bonchev–Trinajstić information content (AvgIpc) is 2.48. The van der Waals surface area contributed by atoms with Crippen molar-refractivity contribution in [3.63, 3.8) is 0 Å². The molecule has 3 heterocycles. The molecule has 0 aromatic carbocycles. The molecule has 3 aromatic heterocycles. The van der Waals surface area contributed by atoms with Crippen molar-refractivity contribution in [3.05, 3.63) is 60.4 Å². The summed E-state index contributed by atoms with van der Waals surface area (Å²) in [7, 11) is 0. The molecule has 0 radical (unpaired) electrons. The van der Waals surface area contributed by atoms with Crippen LogP contribution in [0.3, 0.4) is 0 Å². The molecule has 0 unspecified atom stereocenters. The van der Waals surface area contributed by atoms with Crippen molar-refractivity contribution < 1.29 is 0 Å². The van der Waals surface area contributed by atoms with Gasteiger partial charge in [0.05, 0.1) is 0 Å². The predicted octanol–water partition coefficient (Wildman–Crippen LogP) is 3.29. The highest BCUT2D eigenvalue weighted by Crippen LogP contribution is 2.22. The van der Waals surface area contributed by atoms with Crippen LogP contribution in [-0.4, -0.2) is 19.9 Å². The monoisotopic (exact) mass is 277 g/mol. The molecule has 0 saturated heterocycles. The minimum absolute atomic E-state index is 0.721. The second kappa shape index (κ2) is 5.66. The number of nitrogens with one attached hydrogen (secondary N) is 1. The summed E-state index contributed by atoms with van der Waals surface area (Å²) in [6, 6.07) is 9.80. The van der Waals surface area contributed by atoms with Gasteiger partial charge in [0.1, 0.15) is 17.5 Å². The molecule has 21 heavy (non-hydrogen) atoms. The quantitative estimate of drug-likeness (QED) is 0.795. The SMILES string of the molecule is Cc1ccc(-c2ccnc(Nc3ccnc(C)n3)c2)cn1. The minimum Gasteiger partial charge on any atom is -0.325 e.